The van der Waals surface area contributed by atoms with Crippen LogP contribution in [0.15, 0.2) is 18.2 Å². The Bertz CT molecular complexity index is 503. The predicted octanol–water partition coefficient (Wildman–Crippen LogP) is 1.76. The van der Waals surface area contributed by atoms with Gasteiger partial charge in [0, 0.05) is 12.0 Å². The number of benzene rings is 1. The first kappa shape index (κ1) is 12.9. The van der Waals surface area contributed by atoms with Gasteiger partial charge in [0.15, 0.2) is 5.78 Å². The molecular formula is C11H14O4S. The van der Waals surface area contributed by atoms with Gasteiger partial charge in [-0.15, -0.1) is 0 Å². The summed E-state index contributed by atoms with van der Waals surface area (Å²) in [6.07, 6.45) is -0.192. The number of ketones is 1. The Morgan fingerprint density at radius 3 is 2.44 bits per heavy atom. The SMILES string of the molecule is Cc1ccc(C(=O)CCS(=O)(=O)O)c(C)c1. The molecule has 88 valence electrons. The van der Waals surface area contributed by atoms with Gasteiger partial charge in [-0.2, -0.15) is 8.42 Å². The fourth-order valence-corrected chi connectivity index (χ4v) is 1.93. The lowest BCUT2D eigenvalue weighted by molar-refractivity contribution is 0.0987. The molecule has 4 nitrogen and oxygen atoms in total. The Morgan fingerprint density at radius 1 is 1.31 bits per heavy atom. The summed E-state index contributed by atoms with van der Waals surface area (Å²) in [6.45, 7) is 3.72. The maximum absolute atomic E-state index is 11.6. The highest BCUT2D eigenvalue weighted by Crippen LogP contribution is 2.13. The lowest BCUT2D eigenvalue weighted by Gasteiger charge is -2.05. The molecule has 0 amide bonds. The molecule has 0 aliphatic heterocycles. The van der Waals surface area contributed by atoms with Crippen molar-refractivity contribution in [3.63, 3.8) is 0 Å². The average Bonchev–Trinajstić information content (AvgIpc) is 2.13. The van der Waals surface area contributed by atoms with Crippen molar-refractivity contribution < 1.29 is 17.8 Å². The van der Waals surface area contributed by atoms with E-state index < -0.39 is 15.9 Å². The first-order valence-electron chi connectivity index (χ1n) is 4.85. The van der Waals surface area contributed by atoms with E-state index in [4.69, 9.17) is 4.55 Å². The van der Waals surface area contributed by atoms with Gasteiger partial charge in [-0.25, -0.2) is 0 Å². The van der Waals surface area contributed by atoms with E-state index in [1.54, 1.807) is 19.1 Å². The van der Waals surface area contributed by atoms with Gasteiger partial charge in [-0.1, -0.05) is 23.8 Å². The molecule has 0 unspecified atom stereocenters. The lowest BCUT2D eigenvalue weighted by atomic mass is 10.0. The van der Waals surface area contributed by atoms with Crippen LogP contribution in [0.2, 0.25) is 0 Å². The summed E-state index contributed by atoms with van der Waals surface area (Å²) in [5, 5.41) is 0. The van der Waals surface area contributed by atoms with Gasteiger partial charge in [-0.05, 0) is 19.4 Å². The minimum Gasteiger partial charge on any atom is -0.294 e. The Balaban J connectivity index is 2.82. The van der Waals surface area contributed by atoms with E-state index in [0.717, 1.165) is 11.1 Å². The van der Waals surface area contributed by atoms with Crippen LogP contribution in [0.25, 0.3) is 0 Å². The van der Waals surface area contributed by atoms with Crippen LogP contribution in [-0.4, -0.2) is 24.5 Å². The van der Waals surface area contributed by atoms with Crippen molar-refractivity contribution in [3.8, 4) is 0 Å². The molecule has 0 saturated heterocycles. The predicted molar refractivity (Wildman–Crippen MR) is 61.3 cm³/mol. The zero-order chi connectivity index (χ0) is 12.3. The number of hydrogen-bond donors (Lipinski definition) is 1. The number of carbonyl (C=O) groups excluding carboxylic acids is 1. The van der Waals surface area contributed by atoms with Crippen LogP contribution in [0.3, 0.4) is 0 Å². The molecule has 0 aromatic heterocycles. The summed E-state index contributed by atoms with van der Waals surface area (Å²) in [6, 6.07) is 5.34. The smallest absolute Gasteiger partial charge is 0.265 e. The van der Waals surface area contributed by atoms with Crippen LogP contribution >= 0.6 is 0 Å². The number of carbonyl (C=O) groups is 1. The van der Waals surface area contributed by atoms with Crippen LogP contribution < -0.4 is 0 Å². The first-order chi connectivity index (χ1) is 7.29. The van der Waals surface area contributed by atoms with E-state index in [-0.39, 0.29) is 12.2 Å². The topological polar surface area (TPSA) is 71.4 Å². The molecule has 1 rings (SSSR count). The van der Waals surface area contributed by atoms with Crippen molar-refractivity contribution >= 4 is 15.9 Å². The van der Waals surface area contributed by atoms with Crippen molar-refractivity contribution in [2.75, 3.05) is 5.75 Å². The maximum atomic E-state index is 11.6. The Morgan fingerprint density at radius 2 is 1.94 bits per heavy atom. The van der Waals surface area contributed by atoms with Gasteiger partial charge in [0.25, 0.3) is 10.1 Å². The largest absolute Gasteiger partial charge is 0.294 e. The molecule has 0 radical (unpaired) electrons. The van der Waals surface area contributed by atoms with Crippen LogP contribution in [0, 0.1) is 13.8 Å². The second kappa shape index (κ2) is 4.76. The zero-order valence-corrected chi connectivity index (χ0v) is 10.0. The summed E-state index contributed by atoms with van der Waals surface area (Å²) >= 11 is 0. The normalized spacial score (nSPS) is 11.4. The fraction of sp³-hybridized carbons (Fsp3) is 0.364. The summed E-state index contributed by atoms with van der Waals surface area (Å²) in [5.74, 6) is -0.797. The molecule has 1 aromatic carbocycles. The van der Waals surface area contributed by atoms with E-state index >= 15 is 0 Å². The van der Waals surface area contributed by atoms with Gasteiger partial charge < -0.3 is 0 Å². The van der Waals surface area contributed by atoms with Crippen LogP contribution in [-0.2, 0) is 10.1 Å². The minimum atomic E-state index is -4.07. The molecule has 0 fully saturated rings. The van der Waals surface area contributed by atoms with Gasteiger partial charge in [-0.3, -0.25) is 9.35 Å². The van der Waals surface area contributed by atoms with Crippen LogP contribution in [0.1, 0.15) is 27.9 Å². The van der Waals surface area contributed by atoms with Crippen LogP contribution in [0.4, 0.5) is 0 Å². The number of hydrogen-bond acceptors (Lipinski definition) is 3. The minimum absolute atomic E-state index is 0.192. The first-order valence-corrected chi connectivity index (χ1v) is 6.46. The fourth-order valence-electron chi connectivity index (χ4n) is 1.48. The Labute approximate surface area is 95.0 Å². The maximum Gasteiger partial charge on any atom is 0.265 e. The van der Waals surface area contributed by atoms with E-state index in [1.807, 2.05) is 13.0 Å². The second-order valence-corrected chi connectivity index (χ2v) is 5.35. The lowest BCUT2D eigenvalue weighted by Crippen LogP contribution is -2.11. The van der Waals surface area contributed by atoms with Crippen molar-refractivity contribution in [2.45, 2.75) is 20.3 Å². The molecule has 5 heteroatoms. The summed E-state index contributed by atoms with van der Waals surface area (Å²) in [7, 11) is -4.07. The molecule has 0 saturated carbocycles. The van der Waals surface area contributed by atoms with Gasteiger partial charge >= 0.3 is 0 Å². The molecule has 0 atom stereocenters. The van der Waals surface area contributed by atoms with Crippen molar-refractivity contribution in [1.82, 2.24) is 0 Å². The molecule has 0 aliphatic carbocycles. The third kappa shape index (κ3) is 3.75. The number of rotatable bonds is 4. The van der Waals surface area contributed by atoms with Crippen molar-refractivity contribution in [1.29, 1.82) is 0 Å². The van der Waals surface area contributed by atoms with Gasteiger partial charge in [0.2, 0.25) is 0 Å². The van der Waals surface area contributed by atoms with E-state index in [0.29, 0.717) is 5.56 Å². The molecule has 1 aromatic rings. The zero-order valence-electron chi connectivity index (χ0n) is 9.23. The molecule has 0 bridgehead atoms. The highest BCUT2D eigenvalue weighted by molar-refractivity contribution is 7.85. The highest BCUT2D eigenvalue weighted by atomic mass is 32.2. The second-order valence-electron chi connectivity index (χ2n) is 3.78. The monoisotopic (exact) mass is 242 g/mol. The number of Topliss-reactive ketones (excluding diaryl/α,β-unsaturated/α-hetero) is 1. The summed E-state index contributed by atoms with van der Waals surface area (Å²) in [4.78, 5) is 11.6. The van der Waals surface area contributed by atoms with Gasteiger partial charge in [0.05, 0.1) is 5.75 Å². The number of aryl methyl sites for hydroxylation is 2. The van der Waals surface area contributed by atoms with Crippen LogP contribution in [0.5, 0.6) is 0 Å². The van der Waals surface area contributed by atoms with E-state index in [2.05, 4.69) is 0 Å². The van der Waals surface area contributed by atoms with E-state index in [1.165, 1.54) is 0 Å². The average molecular weight is 242 g/mol. The Hall–Kier alpha value is -1.20. The molecule has 0 heterocycles. The third-order valence-electron chi connectivity index (χ3n) is 2.27. The Kier molecular flexibility index (Phi) is 3.83. The van der Waals surface area contributed by atoms with Crippen molar-refractivity contribution in [2.24, 2.45) is 0 Å². The standard InChI is InChI=1S/C11H14O4S/c1-8-3-4-10(9(2)7-8)11(12)5-6-16(13,14)15/h3-4,7H,5-6H2,1-2H3,(H,13,14,15). The molecule has 0 aliphatic rings. The summed E-state index contributed by atoms with van der Waals surface area (Å²) < 4.78 is 29.6. The quantitative estimate of drug-likeness (QED) is 0.645. The summed E-state index contributed by atoms with van der Waals surface area (Å²) in [5.41, 5.74) is 2.37. The van der Waals surface area contributed by atoms with E-state index in [9.17, 15) is 13.2 Å². The molecule has 1 N–H and O–H groups in total. The third-order valence-corrected chi connectivity index (χ3v) is 2.99. The molecule has 0 spiro atoms. The molecular weight excluding hydrogens is 228 g/mol. The molecule has 16 heavy (non-hydrogen) atoms. The van der Waals surface area contributed by atoms with Crippen molar-refractivity contribution in [3.05, 3.63) is 34.9 Å². The van der Waals surface area contributed by atoms with Gasteiger partial charge in [0.1, 0.15) is 0 Å². The highest BCUT2D eigenvalue weighted by Gasteiger charge is 2.13.